The van der Waals surface area contributed by atoms with Crippen molar-refractivity contribution in [3.63, 3.8) is 0 Å². The molecule has 1 aromatic carbocycles. The molecule has 18 heavy (non-hydrogen) atoms. The van der Waals surface area contributed by atoms with Gasteiger partial charge in [0.15, 0.2) is 0 Å². The van der Waals surface area contributed by atoms with Gasteiger partial charge in [0, 0.05) is 18.8 Å². The van der Waals surface area contributed by atoms with Crippen molar-refractivity contribution in [2.24, 2.45) is 0 Å². The van der Waals surface area contributed by atoms with Crippen LogP contribution >= 0.6 is 0 Å². The number of anilines is 1. The average molecular weight is 246 g/mol. The van der Waals surface area contributed by atoms with E-state index < -0.39 is 0 Å². The van der Waals surface area contributed by atoms with Gasteiger partial charge in [-0.3, -0.25) is 9.69 Å². The maximum Gasteiger partial charge on any atom is 0.242 e. The number of aryl methyl sites for hydroxylation is 1. The molecule has 4 nitrogen and oxygen atoms in total. The number of benzene rings is 1. The molecule has 1 fully saturated rings. The SMILES string of the molecule is Cc1cccc2c1NC(=O)C(N1CCOCC1)C2. The zero-order valence-electron chi connectivity index (χ0n) is 10.6. The number of para-hydroxylation sites is 1. The molecule has 1 amide bonds. The monoisotopic (exact) mass is 246 g/mol. The fourth-order valence-electron chi connectivity index (χ4n) is 2.77. The van der Waals surface area contributed by atoms with E-state index in [2.05, 4.69) is 22.3 Å². The van der Waals surface area contributed by atoms with Gasteiger partial charge in [-0.15, -0.1) is 0 Å². The Morgan fingerprint density at radius 3 is 2.89 bits per heavy atom. The van der Waals surface area contributed by atoms with Gasteiger partial charge < -0.3 is 10.1 Å². The lowest BCUT2D eigenvalue weighted by Gasteiger charge is -2.36. The number of nitrogens with one attached hydrogen (secondary N) is 1. The Kier molecular flexibility index (Phi) is 3.06. The molecule has 3 rings (SSSR count). The molecule has 0 radical (unpaired) electrons. The summed E-state index contributed by atoms with van der Waals surface area (Å²) in [5.74, 6) is 0.124. The van der Waals surface area contributed by atoms with Crippen LogP contribution in [0.25, 0.3) is 0 Å². The van der Waals surface area contributed by atoms with Crippen molar-refractivity contribution in [2.45, 2.75) is 19.4 Å². The van der Waals surface area contributed by atoms with Gasteiger partial charge in [-0.1, -0.05) is 18.2 Å². The molecule has 2 aliphatic rings. The van der Waals surface area contributed by atoms with Crippen LogP contribution in [-0.2, 0) is 16.0 Å². The largest absolute Gasteiger partial charge is 0.379 e. The third-order valence-electron chi connectivity index (χ3n) is 3.81. The molecule has 1 saturated heterocycles. The molecule has 0 spiro atoms. The van der Waals surface area contributed by atoms with Crippen molar-refractivity contribution in [3.8, 4) is 0 Å². The quantitative estimate of drug-likeness (QED) is 0.809. The number of rotatable bonds is 1. The molecule has 0 bridgehead atoms. The van der Waals surface area contributed by atoms with Crippen molar-refractivity contribution in [3.05, 3.63) is 29.3 Å². The van der Waals surface area contributed by atoms with Gasteiger partial charge in [-0.05, 0) is 24.5 Å². The Balaban J connectivity index is 1.85. The van der Waals surface area contributed by atoms with Gasteiger partial charge >= 0.3 is 0 Å². The van der Waals surface area contributed by atoms with Crippen molar-refractivity contribution in [1.82, 2.24) is 4.90 Å². The fourth-order valence-corrected chi connectivity index (χ4v) is 2.77. The molecular weight excluding hydrogens is 228 g/mol. The molecule has 0 saturated carbocycles. The Labute approximate surface area is 107 Å². The Morgan fingerprint density at radius 1 is 1.33 bits per heavy atom. The highest BCUT2D eigenvalue weighted by Gasteiger charge is 2.32. The second-order valence-electron chi connectivity index (χ2n) is 4.97. The van der Waals surface area contributed by atoms with Crippen LogP contribution in [0, 0.1) is 6.92 Å². The Morgan fingerprint density at radius 2 is 2.11 bits per heavy atom. The predicted octanol–water partition coefficient (Wildman–Crippen LogP) is 1.19. The first kappa shape index (κ1) is 11.7. The molecule has 0 aromatic heterocycles. The van der Waals surface area contributed by atoms with Gasteiger partial charge in [0.1, 0.15) is 0 Å². The first-order chi connectivity index (χ1) is 8.75. The smallest absolute Gasteiger partial charge is 0.242 e. The summed E-state index contributed by atoms with van der Waals surface area (Å²) in [5, 5.41) is 3.05. The van der Waals surface area contributed by atoms with Gasteiger partial charge in [0.05, 0.1) is 19.3 Å². The highest BCUT2D eigenvalue weighted by atomic mass is 16.5. The van der Waals surface area contributed by atoms with E-state index >= 15 is 0 Å². The lowest BCUT2D eigenvalue weighted by molar-refractivity contribution is -0.123. The first-order valence-corrected chi connectivity index (χ1v) is 6.47. The molecule has 0 aliphatic carbocycles. The van der Waals surface area contributed by atoms with E-state index in [9.17, 15) is 4.79 Å². The zero-order chi connectivity index (χ0) is 12.5. The van der Waals surface area contributed by atoms with Crippen molar-refractivity contribution < 1.29 is 9.53 Å². The Hall–Kier alpha value is -1.39. The molecule has 96 valence electrons. The van der Waals surface area contributed by atoms with Crippen LogP contribution in [0.15, 0.2) is 18.2 Å². The number of carbonyl (C=O) groups is 1. The lowest BCUT2D eigenvalue weighted by Crippen LogP contribution is -2.52. The maximum atomic E-state index is 12.2. The number of carbonyl (C=O) groups excluding carboxylic acids is 1. The van der Waals surface area contributed by atoms with Gasteiger partial charge in [-0.2, -0.15) is 0 Å². The van der Waals surface area contributed by atoms with E-state index in [1.54, 1.807) is 0 Å². The number of morpholine rings is 1. The normalized spacial score (nSPS) is 24.5. The average Bonchev–Trinajstić information content (AvgIpc) is 2.40. The number of hydrogen-bond donors (Lipinski definition) is 1. The molecule has 1 atom stereocenters. The van der Waals surface area contributed by atoms with Crippen LogP contribution in [0.1, 0.15) is 11.1 Å². The van der Waals surface area contributed by atoms with E-state index in [-0.39, 0.29) is 11.9 Å². The molecule has 1 unspecified atom stereocenters. The summed E-state index contributed by atoms with van der Waals surface area (Å²) in [6.07, 6.45) is 0.808. The maximum absolute atomic E-state index is 12.2. The van der Waals surface area contributed by atoms with Crippen LogP contribution < -0.4 is 5.32 Å². The van der Waals surface area contributed by atoms with Crippen LogP contribution in [0.4, 0.5) is 5.69 Å². The number of hydrogen-bond acceptors (Lipinski definition) is 3. The van der Waals surface area contributed by atoms with Crippen molar-refractivity contribution >= 4 is 11.6 Å². The summed E-state index contributed by atoms with van der Waals surface area (Å²) in [4.78, 5) is 14.4. The topological polar surface area (TPSA) is 41.6 Å². The minimum Gasteiger partial charge on any atom is -0.379 e. The fraction of sp³-hybridized carbons (Fsp3) is 0.500. The van der Waals surface area contributed by atoms with Crippen LogP contribution in [-0.4, -0.2) is 43.2 Å². The highest BCUT2D eigenvalue weighted by molar-refractivity contribution is 5.98. The molecule has 1 N–H and O–H groups in total. The number of nitrogens with zero attached hydrogens (tertiary/aromatic N) is 1. The Bertz CT molecular complexity index is 467. The van der Waals surface area contributed by atoms with Crippen LogP contribution in [0.2, 0.25) is 0 Å². The predicted molar refractivity (Wildman–Crippen MR) is 69.7 cm³/mol. The molecule has 2 heterocycles. The van der Waals surface area contributed by atoms with E-state index in [1.165, 1.54) is 5.56 Å². The summed E-state index contributed by atoms with van der Waals surface area (Å²) in [5.41, 5.74) is 3.39. The third kappa shape index (κ3) is 2.02. The zero-order valence-corrected chi connectivity index (χ0v) is 10.6. The molecular formula is C14H18N2O2. The van der Waals surface area contributed by atoms with Crippen molar-refractivity contribution in [1.29, 1.82) is 0 Å². The third-order valence-corrected chi connectivity index (χ3v) is 3.81. The van der Waals surface area contributed by atoms with Crippen LogP contribution in [0.5, 0.6) is 0 Å². The summed E-state index contributed by atoms with van der Waals surface area (Å²) in [6.45, 7) is 5.18. The molecule has 2 aliphatic heterocycles. The van der Waals surface area contributed by atoms with Gasteiger partial charge in [0.2, 0.25) is 5.91 Å². The lowest BCUT2D eigenvalue weighted by atomic mass is 9.95. The first-order valence-electron chi connectivity index (χ1n) is 6.47. The van der Waals surface area contributed by atoms with Crippen LogP contribution in [0.3, 0.4) is 0 Å². The van der Waals surface area contributed by atoms with E-state index in [4.69, 9.17) is 4.74 Å². The number of ether oxygens (including phenoxy) is 1. The number of amides is 1. The van der Waals surface area contributed by atoms with E-state index in [0.29, 0.717) is 0 Å². The number of fused-ring (bicyclic) bond motifs is 1. The minimum atomic E-state index is -0.0387. The minimum absolute atomic E-state index is 0.0387. The summed E-state index contributed by atoms with van der Waals surface area (Å²) in [6, 6.07) is 6.16. The van der Waals surface area contributed by atoms with E-state index in [1.807, 2.05) is 13.0 Å². The summed E-state index contributed by atoms with van der Waals surface area (Å²) < 4.78 is 5.34. The van der Waals surface area contributed by atoms with Gasteiger partial charge in [0.25, 0.3) is 0 Å². The van der Waals surface area contributed by atoms with Gasteiger partial charge in [-0.25, -0.2) is 0 Å². The molecule has 1 aromatic rings. The second-order valence-corrected chi connectivity index (χ2v) is 4.97. The molecule has 4 heteroatoms. The highest BCUT2D eigenvalue weighted by Crippen LogP contribution is 2.28. The van der Waals surface area contributed by atoms with E-state index in [0.717, 1.165) is 44.0 Å². The summed E-state index contributed by atoms with van der Waals surface area (Å²) >= 11 is 0. The van der Waals surface area contributed by atoms with Crippen molar-refractivity contribution in [2.75, 3.05) is 31.6 Å². The second kappa shape index (κ2) is 4.71. The summed E-state index contributed by atoms with van der Waals surface area (Å²) in [7, 11) is 0. The standard InChI is InChI=1S/C14H18N2O2/c1-10-3-2-4-11-9-12(14(17)15-13(10)11)16-5-7-18-8-6-16/h2-4,12H,5-9H2,1H3,(H,15,17).